The van der Waals surface area contributed by atoms with Crippen LogP contribution in [0.3, 0.4) is 0 Å². The molecule has 1 aliphatic rings. The van der Waals surface area contributed by atoms with Crippen LogP contribution in [0.25, 0.3) is 22.3 Å². The summed E-state index contributed by atoms with van der Waals surface area (Å²) in [6.07, 6.45) is 14.2. The SMILES string of the molecule is CCC=CCCc1ccc(-c2ccc(-c3ccc(C4COC(CCCCCCCC)OC4)cc3F)cc2)c(F)c1F. The molecular weight excluding hydrogens is 521 g/mol. The first-order valence-electron chi connectivity index (χ1n) is 15.3. The van der Waals surface area contributed by atoms with E-state index in [0.29, 0.717) is 48.3 Å². The number of aryl methyl sites for hydroxylation is 1. The van der Waals surface area contributed by atoms with Crippen molar-refractivity contribution in [1.29, 1.82) is 0 Å². The molecule has 1 saturated heterocycles. The van der Waals surface area contributed by atoms with E-state index in [2.05, 4.69) is 6.92 Å². The Morgan fingerprint density at radius 2 is 1.39 bits per heavy atom. The van der Waals surface area contributed by atoms with Crippen LogP contribution in [0.2, 0.25) is 0 Å². The second kappa shape index (κ2) is 15.9. The summed E-state index contributed by atoms with van der Waals surface area (Å²) < 4.78 is 56.7. The fourth-order valence-corrected chi connectivity index (χ4v) is 5.37. The van der Waals surface area contributed by atoms with E-state index in [-0.39, 0.29) is 23.6 Å². The van der Waals surface area contributed by atoms with Gasteiger partial charge in [-0.15, -0.1) is 0 Å². The summed E-state index contributed by atoms with van der Waals surface area (Å²) in [6, 6.07) is 15.4. The molecule has 3 aromatic rings. The Balaban J connectivity index is 1.34. The maximum Gasteiger partial charge on any atom is 0.166 e. The molecule has 0 N–H and O–H groups in total. The maximum atomic E-state index is 15.2. The smallest absolute Gasteiger partial charge is 0.166 e. The average Bonchev–Trinajstić information content (AvgIpc) is 3.00. The lowest BCUT2D eigenvalue weighted by Gasteiger charge is -2.30. The third-order valence-corrected chi connectivity index (χ3v) is 7.88. The highest BCUT2D eigenvalue weighted by molar-refractivity contribution is 5.71. The molecule has 0 bridgehead atoms. The van der Waals surface area contributed by atoms with Gasteiger partial charge in [-0.3, -0.25) is 0 Å². The zero-order chi connectivity index (χ0) is 29.0. The lowest BCUT2D eigenvalue weighted by molar-refractivity contribution is -0.190. The Labute approximate surface area is 243 Å². The largest absolute Gasteiger partial charge is 0.352 e. The van der Waals surface area contributed by atoms with Crippen LogP contribution in [-0.4, -0.2) is 19.5 Å². The third-order valence-electron chi connectivity index (χ3n) is 7.88. The number of benzene rings is 3. The molecule has 4 rings (SSSR count). The van der Waals surface area contributed by atoms with Crippen LogP contribution >= 0.6 is 0 Å². The molecule has 2 nitrogen and oxygen atoms in total. The Morgan fingerprint density at radius 3 is 2.07 bits per heavy atom. The summed E-state index contributed by atoms with van der Waals surface area (Å²) >= 11 is 0. The third kappa shape index (κ3) is 8.56. The van der Waals surface area contributed by atoms with Crippen molar-refractivity contribution < 1.29 is 22.6 Å². The standard InChI is InChI=1S/C36H43F3O2/c1-3-5-7-9-10-12-14-34-40-24-30(25-41-34)29-20-21-31(33(37)23-29)26-15-17-27(18-16-26)32-22-19-28(35(38)36(32)39)13-11-8-6-4-2/h6,8,15-23,30,34H,3-5,7,9-14,24-25H2,1-2H3. The van der Waals surface area contributed by atoms with E-state index < -0.39 is 11.6 Å². The number of halogens is 3. The molecule has 0 atom stereocenters. The van der Waals surface area contributed by atoms with E-state index in [9.17, 15) is 8.78 Å². The first-order valence-corrected chi connectivity index (χ1v) is 15.3. The van der Waals surface area contributed by atoms with Gasteiger partial charge in [0.15, 0.2) is 17.9 Å². The van der Waals surface area contributed by atoms with Crippen LogP contribution < -0.4 is 0 Å². The molecule has 1 aliphatic heterocycles. The minimum absolute atomic E-state index is 0.00904. The number of allylic oxidation sites excluding steroid dienone is 2. The molecule has 41 heavy (non-hydrogen) atoms. The van der Waals surface area contributed by atoms with E-state index in [0.717, 1.165) is 24.8 Å². The number of ether oxygens (including phenoxy) is 2. The van der Waals surface area contributed by atoms with Gasteiger partial charge in [0.25, 0.3) is 0 Å². The molecule has 220 valence electrons. The molecule has 5 heteroatoms. The van der Waals surface area contributed by atoms with Gasteiger partial charge in [0.1, 0.15) is 5.82 Å². The van der Waals surface area contributed by atoms with E-state index in [1.807, 2.05) is 25.1 Å². The molecule has 0 aromatic heterocycles. The summed E-state index contributed by atoms with van der Waals surface area (Å²) in [4.78, 5) is 0. The van der Waals surface area contributed by atoms with Gasteiger partial charge in [-0.05, 0) is 60.4 Å². The van der Waals surface area contributed by atoms with Crippen LogP contribution in [0.4, 0.5) is 13.2 Å². The van der Waals surface area contributed by atoms with Crippen LogP contribution in [-0.2, 0) is 15.9 Å². The van der Waals surface area contributed by atoms with E-state index in [1.54, 1.807) is 48.5 Å². The summed E-state index contributed by atoms with van der Waals surface area (Å²) in [7, 11) is 0. The van der Waals surface area contributed by atoms with Gasteiger partial charge in [-0.2, -0.15) is 0 Å². The minimum Gasteiger partial charge on any atom is -0.352 e. The Morgan fingerprint density at radius 1 is 0.732 bits per heavy atom. The predicted octanol–water partition coefficient (Wildman–Crippen LogP) is 10.5. The van der Waals surface area contributed by atoms with Crippen molar-refractivity contribution >= 4 is 0 Å². The average molecular weight is 565 g/mol. The molecular formula is C36H43F3O2. The number of rotatable bonds is 14. The van der Waals surface area contributed by atoms with E-state index >= 15 is 4.39 Å². The highest BCUT2D eigenvalue weighted by Crippen LogP contribution is 2.32. The lowest BCUT2D eigenvalue weighted by Crippen LogP contribution is -2.30. The van der Waals surface area contributed by atoms with Gasteiger partial charge in [-0.25, -0.2) is 13.2 Å². The van der Waals surface area contributed by atoms with Gasteiger partial charge in [-0.1, -0.05) is 107 Å². The lowest BCUT2D eigenvalue weighted by atomic mass is 9.94. The first-order chi connectivity index (χ1) is 20.0. The summed E-state index contributed by atoms with van der Waals surface area (Å²) in [6.45, 7) is 5.29. The summed E-state index contributed by atoms with van der Waals surface area (Å²) in [5.74, 6) is -1.99. The Hall–Kier alpha value is -2.89. The fourth-order valence-electron chi connectivity index (χ4n) is 5.37. The fraction of sp³-hybridized carbons (Fsp3) is 0.444. The Kier molecular flexibility index (Phi) is 12.1. The molecule has 1 fully saturated rings. The predicted molar refractivity (Wildman–Crippen MR) is 161 cm³/mol. The van der Waals surface area contributed by atoms with Crippen molar-refractivity contribution in [1.82, 2.24) is 0 Å². The number of hydrogen-bond acceptors (Lipinski definition) is 2. The van der Waals surface area contributed by atoms with Crippen molar-refractivity contribution in [3.05, 3.63) is 95.3 Å². The zero-order valence-corrected chi connectivity index (χ0v) is 24.4. The van der Waals surface area contributed by atoms with Crippen molar-refractivity contribution in [2.75, 3.05) is 13.2 Å². The second-order valence-electron chi connectivity index (χ2n) is 11.0. The van der Waals surface area contributed by atoms with Gasteiger partial charge in [0, 0.05) is 17.0 Å². The summed E-state index contributed by atoms with van der Waals surface area (Å²) in [5, 5.41) is 0. The maximum absolute atomic E-state index is 15.2. The van der Waals surface area contributed by atoms with Crippen LogP contribution in [0.1, 0.15) is 88.7 Å². The van der Waals surface area contributed by atoms with Crippen molar-refractivity contribution in [2.24, 2.45) is 0 Å². The molecule has 0 spiro atoms. The normalized spacial score (nSPS) is 17.4. The van der Waals surface area contributed by atoms with Crippen molar-refractivity contribution in [3.8, 4) is 22.3 Å². The topological polar surface area (TPSA) is 18.5 Å². The van der Waals surface area contributed by atoms with Gasteiger partial charge < -0.3 is 9.47 Å². The Bertz CT molecular complexity index is 1260. The first kappa shape index (κ1) is 31.1. The van der Waals surface area contributed by atoms with E-state index in [1.165, 1.54) is 32.1 Å². The highest BCUT2D eigenvalue weighted by atomic mass is 19.2. The number of hydrogen-bond donors (Lipinski definition) is 0. The van der Waals surface area contributed by atoms with Gasteiger partial charge in [0.2, 0.25) is 0 Å². The molecule has 1 heterocycles. The monoisotopic (exact) mass is 564 g/mol. The van der Waals surface area contributed by atoms with Crippen LogP contribution in [0.15, 0.2) is 66.7 Å². The minimum atomic E-state index is -0.851. The number of unbranched alkanes of at least 4 members (excludes halogenated alkanes) is 5. The van der Waals surface area contributed by atoms with Crippen LogP contribution in [0, 0.1) is 17.5 Å². The van der Waals surface area contributed by atoms with Gasteiger partial charge in [0.05, 0.1) is 13.2 Å². The highest BCUT2D eigenvalue weighted by Gasteiger charge is 2.24. The quantitative estimate of drug-likeness (QED) is 0.143. The second-order valence-corrected chi connectivity index (χ2v) is 11.0. The van der Waals surface area contributed by atoms with Crippen molar-refractivity contribution in [3.63, 3.8) is 0 Å². The summed E-state index contributed by atoms with van der Waals surface area (Å²) in [5.41, 5.74) is 3.10. The van der Waals surface area contributed by atoms with Gasteiger partial charge >= 0.3 is 0 Å². The molecule has 0 unspecified atom stereocenters. The van der Waals surface area contributed by atoms with Crippen molar-refractivity contribution in [2.45, 2.75) is 90.3 Å². The molecule has 0 amide bonds. The molecule has 3 aromatic carbocycles. The molecule has 0 saturated carbocycles. The molecule has 0 aliphatic carbocycles. The molecule has 0 radical (unpaired) electrons. The van der Waals surface area contributed by atoms with E-state index in [4.69, 9.17) is 9.47 Å². The van der Waals surface area contributed by atoms with Crippen LogP contribution in [0.5, 0.6) is 0 Å². The zero-order valence-electron chi connectivity index (χ0n) is 24.4.